The fourth-order valence-electron chi connectivity index (χ4n) is 3.91. The Kier molecular flexibility index (Phi) is 6.26. The third kappa shape index (κ3) is 3.97. The fourth-order valence-corrected chi connectivity index (χ4v) is 5.12. The zero-order valence-corrected chi connectivity index (χ0v) is 19.9. The summed E-state index contributed by atoms with van der Waals surface area (Å²) in [6.07, 6.45) is 0. The van der Waals surface area contributed by atoms with Crippen molar-refractivity contribution in [1.29, 1.82) is 0 Å². The Morgan fingerprint density at radius 3 is 2.18 bits per heavy atom. The number of sulfonamides is 1. The van der Waals surface area contributed by atoms with Crippen LogP contribution in [0.4, 0.5) is 11.4 Å². The Labute approximate surface area is 198 Å². The lowest BCUT2D eigenvalue weighted by Crippen LogP contribution is -2.31. The van der Waals surface area contributed by atoms with Crippen molar-refractivity contribution >= 4 is 44.5 Å². The number of nitrogens with zero attached hydrogens (tertiary/aromatic N) is 2. The molecule has 0 radical (unpaired) electrons. The maximum atomic E-state index is 13.4. The van der Waals surface area contributed by atoms with Gasteiger partial charge in [-0.3, -0.25) is 13.9 Å². The van der Waals surface area contributed by atoms with Crippen molar-refractivity contribution in [3.63, 3.8) is 0 Å². The predicted molar refractivity (Wildman–Crippen MR) is 132 cm³/mol. The smallest absolute Gasteiger partial charge is 0.269 e. The van der Waals surface area contributed by atoms with Gasteiger partial charge in [0.25, 0.3) is 15.9 Å². The molecule has 1 aliphatic rings. The van der Waals surface area contributed by atoms with Gasteiger partial charge in [-0.1, -0.05) is 48.5 Å². The molecule has 0 saturated heterocycles. The van der Waals surface area contributed by atoms with Crippen LogP contribution in [0.25, 0.3) is 11.3 Å². The summed E-state index contributed by atoms with van der Waals surface area (Å²) in [5.74, 6) is -0.618. The maximum absolute atomic E-state index is 13.4. The van der Waals surface area contributed by atoms with E-state index in [1.807, 2.05) is 37.3 Å². The van der Waals surface area contributed by atoms with E-state index in [9.17, 15) is 18.0 Å². The average molecular weight is 477 g/mol. The van der Waals surface area contributed by atoms with E-state index in [1.54, 1.807) is 36.4 Å². The first-order valence-electron chi connectivity index (χ1n) is 10.7. The molecule has 174 valence electrons. The van der Waals surface area contributed by atoms with E-state index >= 15 is 0 Å². The Balaban J connectivity index is 1.92. The summed E-state index contributed by atoms with van der Waals surface area (Å²) in [7, 11) is -2.38. The second-order valence-corrected chi connectivity index (χ2v) is 9.62. The van der Waals surface area contributed by atoms with Gasteiger partial charge in [-0.15, -0.1) is 0 Å². The van der Waals surface area contributed by atoms with Gasteiger partial charge in [0.05, 0.1) is 28.5 Å². The molecule has 8 heteroatoms. The second kappa shape index (κ2) is 9.15. The van der Waals surface area contributed by atoms with E-state index in [0.717, 1.165) is 9.21 Å². The molecule has 0 bridgehead atoms. The standard InChI is InChI=1S/C26H24N2O5S/c1-4-33-25(19-11-7-5-8-12-19)24-22-17-20(15-16-23(22)28(18(2)29)26(24)30)27(3)34(31,32)21-13-9-6-10-14-21/h5-17H,4H2,1-3H3/b25-24-. The molecule has 4 rings (SSSR count). The highest BCUT2D eigenvalue weighted by Gasteiger charge is 2.39. The van der Waals surface area contributed by atoms with Gasteiger partial charge in [0, 0.05) is 25.1 Å². The number of hydrogen-bond acceptors (Lipinski definition) is 5. The number of benzene rings is 3. The molecule has 1 heterocycles. The fraction of sp³-hybridized carbons (Fsp3) is 0.154. The third-order valence-corrected chi connectivity index (χ3v) is 7.34. The van der Waals surface area contributed by atoms with Gasteiger partial charge in [-0.2, -0.15) is 0 Å². The molecule has 0 aromatic heterocycles. The molecule has 0 saturated carbocycles. The molecule has 7 nitrogen and oxygen atoms in total. The van der Waals surface area contributed by atoms with Crippen LogP contribution in [0.5, 0.6) is 0 Å². The van der Waals surface area contributed by atoms with Gasteiger partial charge >= 0.3 is 0 Å². The molecule has 3 aromatic rings. The first kappa shape index (κ1) is 23.3. The Hall–Kier alpha value is -3.91. The van der Waals surface area contributed by atoms with Crippen LogP contribution in [-0.4, -0.2) is 33.9 Å². The van der Waals surface area contributed by atoms with E-state index in [1.165, 1.54) is 26.1 Å². The number of anilines is 2. The summed E-state index contributed by atoms with van der Waals surface area (Å²) >= 11 is 0. The number of carbonyl (C=O) groups is 2. The number of fused-ring (bicyclic) bond motifs is 1. The van der Waals surface area contributed by atoms with Crippen LogP contribution in [0.3, 0.4) is 0 Å². The average Bonchev–Trinajstić information content (AvgIpc) is 3.14. The summed E-state index contributed by atoms with van der Waals surface area (Å²) in [5.41, 5.74) is 2.06. The number of carbonyl (C=O) groups excluding carboxylic acids is 2. The summed E-state index contributed by atoms with van der Waals surface area (Å²) < 4.78 is 33.4. The molecule has 0 fully saturated rings. The monoisotopic (exact) mass is 476 g/mol. The molecule has 0 aliphatic carbocycles. The third-order valence-electron chi connectivity index (χ3n) is 5.54. The van der Waals surface area contributed by atoms with Crippen molar-refractivity contribution < 1.29 is 22.7 Å². The molecule has 1 aliphatic heterocycles. The quantitative estimate of drug-likeness (QED) is 0.391. The molecular formula is C26H24N2O5S. The summed E-state index contributed by atoms with van der Waals surface area (Å²) in [5, 5.41) is 0. The molecule has 0 unspecified atom stereocenters. The highest BCUT2D eigenvalue weighted by Crippen LogP contribution is 2.43. The first-order chi connectivity index (χ1) is 16.3. The molecule has 0 atom stereocenters. The minimum atomic E-state index is -3.83. The van der Waals surface area contributed by atoms with Gasteiger partial charge < -0.3 is 4.74 Å². The van der Waals surface area contributed by atoms with Crippen molar-refractivity contribution in [1.82, 2.24) is 0 Å². The maximum Gasteiger partial charge on any atom is 0.269 e. The van der Waals surface area contributed by atoms with Crippen LogP contribution in [-0.2, 0) is 24.3 Å². The van der Waals surface area contributed by atoms with Crippen molar-refractivity contribution in [2.75, 3.05) is 22.9 Å². The molecule has 2 amide bonds. The van der Waals surface area contributed by atoms with Crippen molar-refractivity contribution in [2.45, 2.75) is 18.7 Å². The topological polar surface area (TPSA) is 84.0 Å². The normalized spacial score (nSPS) is 14.6. The largest absolute Gasteiger partial charge is 0.492 e. The summed E-state index contributed by atoms with van der Waals surface area (Å²) in [6.45, 7) is 3.43. The van der Waals surface area contributed by atoms with Crippen LogP contribution in [0.1, 0.15) is 25.0 Å². The number of hydrogen-bond donors (Lipinski definition) is 0. The molecule has 0 spiro atoms. The van der Waals surface area contributed by atoms with Crippen molar-refractivity contribution in [2.24, 2.45) is 0 Å². The second-order valence-electron chi connectivity index (χ2n) is 7.65. The lowest BCUT2D eigenvalue weighted by atomic mass is 10.0. The number of rotatable bonds is 6. The molecule has 3 aromatic carbocycles. The SMILES string of the molecule is CCO/C(=C1\C(=O)N(C(C)=O)c2ccc(N(C)S(=O)(=O)c3ccccc3)cc21)c1ccccc1. The van der Waals surface area contributed by atoms with Gasteiger partial charge in [0.15, 0.2) is 0 Å². The Bertz CT molecular complexity index is 1380. The Morgan fingerprint density at radius 1 is 0.971 bits per heavy atom. The van der Waals surface area contributed by atoms with Crippen molar-refractivity contribution in [3.05, 3.63) is 90.0 Å². The highest BCUT2D eigenvalue weighted by molar-refractivity contribution is 7.92. The first-order valence-corrected chi connectivity index (χ1v) is 12.2. The molecule has 34 heavy (non-hydrogen) atoms. The van der Waals surface area contributed by atoms with E-state index < -0.39 is 21.8 Å². The van der Waals surface area contributed by atoms with Crippen LogP contribution in [0.15, 0.2) is 83.8 Å². The lowest BCUT2D eigenvalue weighted by molar-refractivity contribution is -0.122. The van der Waals surface area contributed by atoms with Crippen LogP contribution in [0.2, 0.25) is 0 Å². The Morgan fingerprint density at radius 2 is 1.59 bits per heavy atom. The van der Waals surface area contributed by atoms with Crippen LogP contribution >= 0.6 is 0 Å². The zero-order valence-electron chi connectivity index (χ0n) is 19.1. The number of amides is 2. The van der Waals surface area contributed by atoms with E-state index in [2.05, 4.69) is 0 Å². The summed E-state index contributed by atoms with van der Waals surface area (Å²) in [4.78, 5) is 27.0. The highest BCUT2D eigenvalue weighted by atomic mass is 32.2. The van der Waals surface area contributed by atoms with Gasteiger partial charge in [0.1, 0.15) is 5.76 Å². The van der Waals surface area contributed by atoms with E-state index in [0.29, 0.717) is 34.9 Å². The van der Waals surface area contributed by atoms with Gasteiger partial charge in [-0.05, 0) is 37.3 Å². The van der Waals surface area contributed by atoms with Gasteiger partial charge in [-0.25, -0.2) is 13.3 Å². The summed E-state index contributed by atoms with van der Waals surface area (Å²) in [6, 6.07) is 22.0. The molecular weight excluding hydrogens is 452 g/mol. The molecule has 0 N–H and O–H groups in total. The van der Waals surface area contributed by atoms with Crippen molar-refractivity contribution in [3.8, 4) is 0 Å². The van der Waals surface area contributed by atoms with E-state index in [4.69, 9.17) is 4.74 Å². The minimum absolute atomic E-state index is 0.148. The number of ether oxygens (including phenoxy) is 1. The zero-order chi connectivity index (χ0) is 24.5. The minimum Gasteiger partial charge on any atom is -0.492 e. The lowest BCUT2D eigenvalue weighted by Gasteiger charge is -2.21. The van der Waals surface area contributed by atoms with Gasteiger partial charge in [0.2, 0.25) is 5.91 Å². The number of imide groups is 1. The van der Waals surface area contributed by atoms with Crippen LogP contribution in [0, 0.1) is 0 Å². The van der Waals surface area contributed by atoms with Crippen LogP contribution < -0.4 is 9.21 Å². The van der Waals surface area contributed by atoms with E-state index in [-0.39, 0.29) is 10.5 Å². The predicted octanol–water partition coefficient (Wildman–Crippen LogP) is 4.31.